The molecule has 10 heteroatoms. The number of aromatic hydroxyl groups is 2. The van der Waals surface area contributed by atoms with E-state index in [-0.39, 0.29) is 28.1 Å². The van der Waals surface area contributed by atoms with Crippen molar-refractivity contribution < 1.29 is 20.1 Å². The largest absolute Gasteiger partial charge is 0.507 e. The van der Waals surface area contributed by atoms with Crippen molar-refractivity contribution in [3.8, 4) is 11.5 Å². The summed E-state index contributed by atoms with van der Waals surface area (Å²) in [6.07, 6.45) is 4.32. The minimum absolute atomic E-state index is 0.0291. The molecule has 0 unspecified atom stereocenters. The summed E-state index contributed by atoms with van der Waals surface area (Å²) >= 11 is 0.789. The van der Waals surface area contributed by atoms with E-state index in [2.05, 4.69) is 15.3 Å². The summed E-state index contributed by atoms with van der Waals surface area (Å²) in [5.41, 5.74) is 0.166. The highest BCUT2D eigenvalue weighted by molar-refractivity contribution is 7.99. The van der Waals surface area contributed by atoms with Gasteiger partial charge in [0.2, 0.25) is 5.16 Å². The van der Waals surface area contributed by atoms with Crippen molar-refractivity contribution in [1.29, 1.82) is 0 Å². The van der Waals surface area contributed by atoms with E-state index in [0.29, 0.717) is 11.1 Å². The van der Waals surface area contributed by atoms with Gasteiger partial charge in [-0.25, -0.2) is 0 Å². The van der Waals surface area contributed by atoms with Crippen molar-refractivity contribution >= 4 is 57.6 Å². The first-order chi connectivity index (χ1) is 18.4. The summed E-state index contributed by atoms with van der Waals surface area (Å²) in [6, 6.07) is 21.5. The Bertz CT molecular complexity index is 1810. The van der Waals surface area contributed by atoms with E-state index in [9.17, 15) is 19.8 Å². The second-order valence-electron chi connectivity index (χ2n) is 8.18. The van der Waals surface area contributed by atoms with E-state index in [1.165, 1.54) is 18.4 Å². The number of nitrogens with zero attached hydrogens (tertiary/aromatic N) is 4. The van der Waals surface area contributed by atoms with E-state index >= 15 is 0 Å². The Morgan fingerprint density at radius 3 is 2.11 bits per heavy atom. The number of aromatic nitrogens is 3. The average molecular weight is 525 g/mol. The zero-order chi connectivity index (χ0) is 26.6. The third-order valence-electron chi connectivity index (χ3n) is 5.77. The lowest BCUT2D eigenvalue weighted by atomic mass is 10.0. The maximum atomic E-state index is 13.4. The molecule has 5 rings (SSSR count). The number of carboxylic acids is 1. The minimum Gasteiger partial charge on any atom is -0.507 e. The quantitative estimate of drug-likeness (QED) is 0.208. The zero-order valence-corrected chi connectivity index (χ0v) is 20.5. The first-order valence-electron chi connectivity index (χ1n) is 11.4. The summed E-state index contributed by atoms with van der Waals surface area (Å²) < 4.78 is 0.949. The number of phenols is 2. The zero-order valence-electron chi connectivity index (χ0n) is 19.7. The molecule has 1 aromatic heterocycles. The molecule has 1 heterocycles. The number of carboxylic acid groups (broad SMARTS) is 1. The Balaban J connectivity index is 1.60. The fourth-order valence-electron chi connectivity index (χ4n) is 3.96. The number of carbonyl (C=O) groups is 1. The molecule has 0 saturated heterocycles. The molecule has 0 amide bonds. The Morgan fingerprint density at radius 1 is 0.842 bits per heavy atom. The van der Waals surface area contributed by atoms with Gasteiger partial charge in [0.05, 0.1) is 12.0 Å². The van der Waals surface area contributed by atoms with Crippen molar-refractivity contribution in [3.05, 3.63) is 100.0 Å². The molecule has 188 valence electrons. The highest BCUT2D eigenvalue weighted by Crippen LogP contribution is 2.29. The van der Waals surface area contributed by atoms with Gasteiger partial charge >= 0.3 is 11.5 Å². The molecule has 0 aliphatic carbocycles. The Morgan fingerprint density at radius 2 is 1.45 bits per heavy atom. The van der Waals surface area contributed by atoms with Crippen LogP contribution in [0.5, 0.6) is 11.5 Å². The third kappa shape index (κ3) is 4.97. The molecule has 5 aromatic rings. The number of fused-ring (bicyclic) bond motifs is 2. The summed E-state index contributed by atoms with van der Waals surface area (Å²) in [5, 5.41) is 45.5. The van der Waals surface area contributed by atoms with Crippen LogP contribution in [0.2, 0.25) is 0 Å². The van der Waals surface area contributed by atoms with Crippen molar-refractivity contribution in [2.24, 2.45) is 5.10 Å². The molecule has 0 atom stereocenters. The summed E-state index contributed by atoms with van der Waals surface area (Å²) in [7, 11) is 0. The van der Waals surface area contributed by atoms with Crippen LogP contribution in [-0.2, 0) is 4.79 Å². The molecule has 38 heavy (non-hydrogen) atoms. The van der Waals surface area contributed by atoms with Crippen molar-refractivity contribution in [2.75, 3.05) is 5.75 Å². The lowest BCUT2D eigenvalue weighted by Gasteiger charge is -2.08. The molecule has 4 aromatic carbocycles. The van der Waals surface area contributed by atoms with Crippen LogP contribution >= 0.6 is 11.8 Å². The number of benzene rings is 4. The molecule has 0 aliphatic heterocycles. The van der Waals surface area contributed by atoms with Crippen LogP contribution < -0.4 is 5.56 Å². The van der Waals surface area contributed by atoms with Crippen LogP contribution in [0.4, 0.5) is 0 Å². The van der Waals surface area contributed by atoms with E-state index in [0.717, 1.165) is 38.0 Å². The molecule has 0 aliphatic rings. The fraction of sp³-hybridized carbons (Fsp3) is 0.0357. The molecule has 9 nitrogen and oxygen atoms in total. The second kappa shape index (κ2) is 10.6. The van der Waals surface area contributed by atoms with Crippen molar-refractivity contribution in [3.63, 3.8) is 0 Å². The first-order valence-corrected chi connectivity index (χ1v) is 12.4. The van der Waals surface area contributed by atoms with E-state index < -0.39 is 11.5 Å². The standard InChI is InChI=1S/C28H20N4O5S/c33-24-13-9-17-5-1-3-7-19(17)21(24)11-12-23-27(37)32(28(31-30-23)38-16-26(35)36)29-15-22-20-8-4-2-6-18(20)10-14-25(22)34/h1-15,33-34H,16H2,(H,35,36). The number of aliphatic carboxylic acids is 1. The molecule has 0 spiro atoms. The lowest BCUT2D eigenvalue weighted by Crippen LogP contribution is -2.24. The lowest BCUT2D eigenvalue weighted by molar-refractivity contribution is -0.133. The molecule has 0 saturated carbocycles. The predicted molar refractivity (Wildman–Crippen MR) is 148 cm³/mol. The van der Waals surface area contributed by atoms with Crippen LogP contribution in [0.3, 0.4) is 0 Å². The highest BCUT2D eigenvalue weighted by atomic mass is 32.2. The van der Waals surface area contributed by atoms with Crippen LogP contribution in [0.25, 0.3) is 33.7 Å². The minimum atomic E-state index is -1.10. The Labute approximate surface area is 220 Å². The van der Waals surface area contributed by atoms with Gasteiger partial charge in [0.1, 0.15) is 11.5 Å². The van der Waals surface area contributed by atoms with E-state index in [1.54, 1.807) is 24.3 Å². The van der Waals surface area contributed by atoms with Gasteiger partial charge in [-0.1, -0.05) is 72.4 Å². The molecule has 3 N–H and O–H groups in total. The molecular weight excluding hydrogens is 504 g/mol. The normalized spacial score (nSPS) is 11.7. The smallest absolute Gasteiger partial charge is 0.313 e. The SMILES string of the molecule is O=C(O)CSc1nnc(C=Cc2c(O)ccc3ccccc23)c(=O)n1N=Cc1c(O)ccc2ccccc12. The van der Waals surface area contributed by atoms with Gasteiger partial charge in [-0.3, -0.25) is 9.59 Å². The van der Waals surface area contributed by atoms with Gasteiger partial charge in [-0.15, -0.1) is 10.2 Å². The van der Waals surface area contributed by atoms with Gasteiger partial charge in [-0.2, -0.15) is 9.78 Å². The summed E-state index contributed by atoms with van der Waals surface area (Å²) in [5.74, 6) is -1.45. The number of rotatable bonds is 7. The van der Waals surface area contributed by atoms with Crippen molar-refractivity contribution in [2.45, 2.75) is 5.16 Å². The van der Waals surface area contributed by atoms with Gasteiger partial charge < -0.3 is 15.3 Å². The maximum absolute atomic E-state index is 13.4. The second-order valence-corrected chi connectivity index (χ2v) is 9.13. The van der Waals surface area contributed by atoms with Gasteiger partial charge in [0, 0.05) is 11.1 Å². The molecule has 0 fully saturated rings. The summed E-state index contributed by atoms with van der Waals surface area (Å²) in [4.78, 5) is 24.5. The molecule has 0 bridgehead atoms. The molecule has 0 radical (unpaired) electrons. The highest BCUT2D eigenvalue weighted by Gasteiger charge is 2.14. The average Bonchev–Trinajstić information content (AvgIpc) is 2.92. The van der Waals surface area contributed by atoms with Crippen LogP contribution in [0.1, 0.15) is 16.8 Å². The topological polar surface area (TPSA) is 138 Å². The number of phenolic OH excluding ortho intramolecular Hbond substituents is 2. The van der Waals surface area contributed by atoms with Gasteiger partial charge in [0.25, 0.3) is 0 Å². The fourth-order valence-corrected chi connectivity index (χ4v) is 4.56. The van der Waals surface area contributed by atoms with Crippen LogP contribution in [0.15, 0.2) is 87.8 Å². The van der Waals surface area contributed by atoms with Gasteiger partial charge in [-0.05, 0) is 45.8 Å². The van der Waals surface area contributed by atoms with Crippen LogP contribution in [0, 0.1) is 0 Å². The maximum Gasteiger partial charge on any atom is 0.313 e. The predicted octanol–water partition coefficient (Wildman–Crippen LogP) is 4.59. The summed E-state index contributed by atoms with van der Waals surface area (Å²) in [6.45, 7) is 0. The first kappa shape index (κ1) is 24.7. The van der Waals surface area contributed by atoms with E-state index in [4.69, 9.17) is 5.11 Å². The third-order valence-corrected chi connectivity index (χ3v) is 6.67. The molecular formula is C28H20N4O5S. The van der Waals surface area contributed by atoms with E-state index in [1.807, 2.05) is 48.5 Å². The van der Waals surface area contributed by atoms with Crippen LogP contribution in [-0.4, -0.2) is 48.1 Å². The monoisotopic (exact) mass is 524 g/mol. The number of thioether (sulfide) groups is 1. The number of hydrogen-bond acceptors (Lipinski definition) is 8. The van der Waals surface area contributed by atoms with Gasteiger partial charge in [0.15, 0.2) is 5.69 Å². The Kier molecular flexibility index (Phi) is 6.88. The van der Waals surface area contributed by atoms with Crippen molar-refractivity contribution in [1.82, 2.24) is 14.9 Å². The number of hydrogen-bond donors (Lipinski definition) is 3. The Hall–Kier alpha value is -4.96.